The van der Waals surface area contributed by atoms with E-state index in [0.29, 0.717) is 15.6 Å². The number of halogens is 2. The van der Waals surface area contributed by atoms with Crippen molar-refractivity contribution >= 4 is 36.1 Å². The molecule has 3 heterocycles. The van der Waals surface area contributed by atoms with Crippen molar-refractivity contribution in [1.82, 2.24) is 13.1 Å². The first kappa shape index (κ1) is 24.2. The van der Waals surface area contributed by atoms with Gasteiger partial charge in [-0.25, -0.2) is 0 Å². The van der Waals surface area contributed by atoms with Crippen LogP contribution >= 0.6 is 0 Å². The van der Waals surface area contributed by atoms with Crippen LogP contribution in [-0.2, 0) is 4.74 Å². The van der Waals surface area contributed by atoms with Crippen molar-refractivity contribution < 1.29 is 28.5 Å². The molecule has 0 unspecified atom stereocenters. The number of hydrogen-bond acceptors (Lipinski definition) is 7. The number of ether oxygens (including phenoxy) is 1. The van der Waals surface area contributed by atoms with Gasteiger partial charge >= 0.3 is 169 Å². The number of carbonyl (C=O) groups is 1. The van der Waals surface area contributed by atoms with E-state index in [1.165, 1.54) is 12.1 Å². The molecule has 5 rings (SSSR count). The fourth-order valence-electron chi connectivity index (χ4n) is 3.88. The number of aliphatic hydroxyl groups is 2. The van der Waals surface area contributed by atoms with Gasteiger partial charge in [-0.3, -0.25) is 0 Å². The van der Waals surface area contributed by atoms with E-state index in [1.54, 1.807) is 27.8 Å². The first-order chi connectivity index (χ1) is 17.2. The third kappa shape index (κ3) is 4.10. The van der Waals surface area contributed by atoms with Gasteiger partial charge in [-0.15, -0.1) is 0 Å². The molecule has 2 aromatic carbocycles. The van der Waals surface area contributed by atoms with E-state index in [1.807, 2.05) is 12.1 Å². The van der Waals surface area contributed by atoms with Gasteiger partial charge in [0.25, 0.3) is 0 Å². The van der Waals surface area contributed by atoms with E-state index in [-0.39, 0.29) is 31.7 Å². The number of rotatable bonds is 5. The van der Waals surface area contributed by atoms with Crippen molar-refractivity contribution in [2.75, 3.05) is 11.9 Å². The summed E-state index contributed by atoms with van der Waals surface area (Å²) in [7, 11) is 0. The van der Waals surface area contributed by atoms with E-state index in [4.69, 9.17) is 9.84 Å². The molecule has 1 amide bonds. The summed E-state index contributed by atoms with van der Waals surface area (Å²) in [5.41, 5.74) is -0.587. The van der Waals surface area contributed by atoms with E-state index < -0.39 is 42.6 Å². The molecule has 1 saturated heterocycles. The van der Waals surface area contributed by atoms with Gasteiger partial charge in [0.15, 0.2) is 6.10 Å². The number of aromatic nitrogens is 3. The molecular formula is C23H18F2N4O6Se. The minimum absolute atomic E-state index is 0.159. The summed E-state index contributed by atoms with van der Waals surface area (Å²) in [6, 6.07) is 14.8. The maximum absolute atomic E-state index is 14.3. The Bertz CT molecular complexity index is 1580. The number of fused-ring (bicyclic) bond motifs is 1. The van der Waals surface area contributed by atoms with Gasteiger partial charge in [0.1, 0.15) is 6.10 Å². The molecule has 1 aliphatic heterocycles. The number of hydrogen-bond donors (Lipinski definition) is 3. The third-order valence-electron chi connectivity index (χ3n) is 5.72. The van der Waals surface area contributed by atoms with Gasteiger partial charge in [0, 0.05) is 0 Å². The number of amides is 1. The molecule has 36 heavy (non-hydrogen) atoms. The molecule has 0 spiro atoms. The fourth-order valence-corrected chi connectivity index (χ4v) is 5.96. The summed E-state index contributed by atoms with van der Waals surface area (Å²) in [5.74, 6) is -4.67. The van der Waals surface area contributed by atoms with Gasteiger partial charge in [-0.05, 0) is 0 Å². The van der Waals surface area contributed by atoms with Crippen LogP contribution in [0.3, 0.4) is 0 Å². The Labute approximate surface area is 207 Å². The average Bonchev–Trinajstić information content (AvgIpc) is 3.32. The second-order valence-corrected chi connectivity index (χ2v) is 10.1. The summed E-state index contributed by atoms with van der Waals surface area (Å²) in [6.45, 7) is -0.862. The van der Waals surface area contributed by atoms with Gasteiger partial charge in [-0.1, -0.05) is 0 Å². The number of aliphatic hydroxyl groups excluding tert-OH is 2. The first-order valence-electron chi connectivity index (χ1n) is 10.6. The average molecular weight is 563 g/mol. The van der Waals surface area contributed by atoms with E-state index in [0.717, 1.165) is 16.5 Å². The molecule has 1 fully saturated rings. The van der Waals surface area contributed by atoms with Crippen molar-refractivity contribution in [3.63, 3.8) is 0 Å². The van der Waals surface area contributed by atoms with Crippen molar-refractivity contribution in [1.29, 1.82) is 0 Å². The van der Waals surface area contributed by atoms with Crippen LogP contribution in [0.1, 0.15) is 16.6 Å². The molecule has 0 aliphatic carbocycles. The number of nitrogens with one attached hydrogen (secondary N) is 1. The Morgan fingerprint density at radius 1 is 1.17 bits per heavy atom. The number of anilines is 1. The van der Waals surface area contributed by atoms with Crippen molar-refractivity contribution in [3.05, 3.63) is 87.2 Å². The zero-order chi connectivity index (χ0) is 25.6. The molecule has 3 atom stereocenters. The van der Waals surface area contributed by atoms with Gasteiger partial charge in [0.05, 0.1) is 6.61 Å². The van der Waals surface area contributed by atoms with Crippen LogP contribution in [0.25, 0.3) is 15.3 Å². The van der Waals surface area contributed by atoms with Crippen LogP contribution in [0.5, 0.6) is 0 Å². The summed E-state index contributed by atoms with van der Waals surface area (Å²) in [5, 5.41) is 21.8. The Morgan fingerprint density at radius 3 is 2.64 bits per heavy atom. The van der Waals surface area contributed by atoms with Crippen molar-refractivity contribution in [2.45, 2.75) is 24.4 Å². The van der Waals surface area contributed by atoms with Gasteiger partial charge in [0.2, 0.25) is 0 Å². The molecule has 2 aromatic heterocycles. The third-order valence-corrected chi connectivity index (χ3v) is 8.05. The summed E-state index contributed by atoms with van der Waals surface area (Å²) in [6.07, 6.45) is -5.09. The molecule has 0 radical (unpaired) electrons. The number of carbonyl (C=O) groups excluding carboxylic acids is 1. The summed E-state index contributed by atoms with van der Waals surface area (Å²) < 4.78 is 36.7. The molecule has 3 N–H and O–H groups in total. The van der Waals surface area contributed by atoms with Gasteiger partial charge in [-0.2, -0.15) is 8.78 Å². The van der Waals surface area contributed by atoms with Crippen LogP contribution in [0.4, 0.5) is 14.6 Å². The van der Waals surface area contributed by atoms with Crippen LogP contribution in [0.15, 0.2) is 70.4 Å². The predicted octanol–water partition coefficient (Wildman–Crippen LogP) is 0.743. The maximum atomic E-state index is 14.3. The Hall–Kier alpha value is -3.48. The molecule has 10 nitrogen and oxygen atoms in total. The zero-order valence-electron chi connectivity index (χ0n) is 18.2. The topological polar surface area (TPSA) is 136 Å². The second-order valence-electron chi connectivity index (χ2n) is 8.02. The minimum atomic E-state index is -3.85. The molecule has 13 heteroatoms. The van der Waals surface area contributed by atoms with Crippen molar-refractivity contribution in [3.8, 4) is 5.69 Å². The number of alkyl halides is 2. The van der Waals surface area contributed by atoms with Crippen molar-refractivity contribution in [2.24, 2.45) is 0 Å². The normalized spacial score (nSPS) is 21.1. The van der Waals surface area contributed by atoms with E-state index in [2.05, 4.69) is 10.3 Å². The molecule has 186 valence electrons. The van der Waals surface area contributed by atoms with Crippen LogP contribution in [-0.4, -0.2) is 68.7 Å². The second kappa shape index (κ2) is 9.19. The molecule has 4 aromatic rings. The fraction of sp³-hybridized carbons (Fsp3) is 0.217. The summed E-state index contributed by atoms with van der Waals surface area (Å²) >= 11 is -0.290. The SMILES string of the molecule is O=C(Nc1ccn([C@H]2O[C@@H](CO)[C@H](O)C2(F)F)c(=O)n1)c1cccc(-n2[se]c3ccccc3c2=O)c1. The van der Waals surface area contributed by atoms with Gasteiger partial charge < -0.3 is 10.2 Å². The van der Waals surface area contributed by atoms with E-state index in [9.17, 15) is 28.3 Å². The van der Waals surface area contributed by atoms with Crippen LogP contribution < -0.4 is 16.6 Å². The molecule has 1 aliphatic rings. The number of benzene rings is 2. The van der Waals surface area contributed by atoms with E-state index >= 15 is 0 Å². The van der Waals surface area contributed by atoms with Crippen LogP contribution in [0.2, 0.25) is 0 Å². The number of nitrogens with zero attached hydrogens (tertiary/aromatic N) is 3. The Morgan fingerprint density at radius 2 is 1.94 bits per heavy atom. The Balaban J connectivity index is 1.38. The predicted molar refractivity (Wildman–Crippen MR) is 125 cm³/mol. The quantitative estimate of drug-likeness (QED) is 0.305. The standard InChI is InChI=1S/C23H18F2N4O6Se/c24-23(25)18(31)15(11-30)35-21(23)28-9-8-17(27-22(28)34)26-19(32)12-4-3-5-13(10-12)29-20(33)14-6-1-2-7-16(14)36-29/h1-10,15,18,21,30-31H,11H2,(H,26,27,32,34)/t15-,18-,21-/m0/s1. The summed E-state index contributed by atoms with van der Waals surface area (Å²) in [4.78, 5) is 41.6. The molecular weight excluding hydrogens is 545 g/mol. The van der Waals surface area contributed by atoms with Crippen LogP contribution in [0, 0.1) is 0 Å². The molecule has 0 saturated carbocycles. The Kier molecular flexibility index (Phi) is 6.18. The molecule has 0 bridgehead atoms. The zero-order valence-corrected chi connectivity index (χ0v) is 20.0. The first-order valence-corrected chi connectivity index (χ1v) is 12.3. The monoisotopic (exact) mass is 564 g/mol.